The zero-order chi connectivity index (χ0) is 17.6. The van der Waals surface area contributed by atoms with E-state index in [1.807, 2.05) is 0 Å². The number of rotatable bonds is 15. The summed E-state index contributed by atoms with van der Waals surface area (Å²) in [5.74, 6) is -0.0319. The SMILES string of the molecule is CCCCCCCCCCCCOC(=O)CC[CH](S)[Sn]([CH3])([CH3])[CH3]. The van der Waals surface area contributed by atoms with Gasteiger partial charge in [0.15, 0.2) is 0 Å². The first kappa shape index (κ1) is 23.6. The van der Waals surface area contributed by atoms with Crippen LogP contribution in [0.4, 0.5) is 0 Å². The summed E-state index contributed by atoms with van der Waals surface area (Å²) in [7, 11) is 0. The zero-order valence-corrected chi connectivity index (χ0v) is 19.8. The van der Waals surface area contributed by atoms with Gasteiger partial charge in [-0.25, -0.2) is 0 Å². The standard InChI is InChI=1S/C16H31O2S.3CH3.Sn/c1-2-3-4-5-6-7-8-9-10-11-14-18-16(17)13-12-15-19;;;;/h15,19H,2-14H2,1H3;3*1H3;. The molecule has 0 saturated heterocycles. The van der Waals surface area contributed by atoms with Crippen molar-refractivity contribution in [1.82, 2.24) is 0 Å². The van der Waals surface area contributed by atoms with Gasteiger partial charge in [0.2, 0.25) is 0 Å². The van der Waals surface area contributed by atoms with E-state index in [0.717, 1.165) is 12.8 Å². The van der Waals surface area contributed by atoms with Crippen molar-refractivity contribution in [2.24, 2.45) is 0 Å². The number of esters is 1. The Morgan fingerprint density at radius 2 is 1.39 bits per heavy atom. The van der Waals surface area contributed by atoms with E-state index in [2.05, 4.69) is 34.4 Å². The summed E-state index contributed by atoms with van der Waals surface area (Å²) in [6.45, 7) is 2.86. The maximum absolute atomic E-state index is 11.7. The van der Waals surface area contributed by atoms with Crippen LogP contribution in [0.25, 0.3) is 0 Å². The van der Waals surface area contributed by atoms with E-state index in [1.165, 1.54) is 57.8 Å². The van der Waals surface area contributed by atoms with Crippen LogP contribution in [0, 0.1) is 0 Å². The van der Waals surface area contributed by atoms with Crippen molar-refractivity contribution in [3.63, 3.8) is 0 Å². The Morgan fingerprint density at radius 3 is 1.87 bits per heavy atom. The minimum atomic E-state index is -1.94. The normalized spacial score (nSPS) is 13.1. The Morgan fingerprint density at radius 1 is 0.913 bits per heavy atom. The van der Waals surface area contributed by atoms with E-state index in [9.17, 15) is 4.79 Å². The molecule has 4 heteroatoms. The van der Waals surface area contributed by atoms with Crippen molar-refractivity contribution in [2.75, 3.05) is 6.61 Å². The third-order valence-corrected chi connectivity index (χ3v) is 16.4. The zero-order valence-electron chi connectivity index (χ0n) is 16.0. The van der Waals surface area contributed by atoms with E-state index in [4.69, 9.17) is 4.74 Å². The summed E-state index contributed by atoms with van der Waals surface area (Å²) in [5.41, 5.74) is 0. The molecule has 1 atom stereocenters. The first-order valence-electron chi connectivity index (χ1n) is 9.71. The molecule has 2 nitrogen and oxygen atoms in total. The molecule has 0 spiro atoms. The second-order valence-electron chi connectivity index (χ2n) is 7.82. The van der Waals surface area contributed by atoms with Crippen molar-refractivity contribution in [3.05, 3.63) is 0 Å². The van der Waals surface area contributed by atoms with Gasteiger partial charge in [0.25, 0.3) is 0 Å². The molecule has 23 heavy (non-hydrogen) atoms. The van der Waals surface area contributed by atoms with Gasteiger partial charge in [0.05, 0.1) is 0 Å². The van der Waals surface area contributed by atoms with Gasteiger partial charge < -0.3 is 0 Å². The fraction of sp³-hybridized carbons (Fsp3) is 0.947. The molecule has 0 rings (SSSR count). The Hall–Kier alpha value is 0.619. The van der Waals surface area contributed by atoms with Crippen LogP contribution in [0.3, 0.4) is 0 Å². The Kier molecular flexibility index (Phi) is 15.3. The number of hydrogen-bond acceptors (Lipinski definition) is 3. The summed E-state index contributed by atoms with van der Waals surface area (Å²) >= 11 is 2.71. The summed E-state index contributed by atoms with van der Waals surface area (Å²) in [4.78, 5) is 18.8. The molecule has 0 radical (unpaired) electrons. The van der Waals surface area contributed by atoms with Gasteiger partial charge in [-0.3, -0.25) is 0 Å². The molecule has 0 aliphatic carbocycles. The van der Waals surface area contributed by atoms with Crippen LogP contribution in [0.2, 0.25) is 14.8 Å². The van der Waals surface area contributed by atoms with Crippen LogP contribution in [0.1, 0.15) is 84.0 Å². The van der Waals surface area contributed by atoms with Crippen molar-refractivity contribution in [3.8, 4) is 0 Å². The van der Waals surface area contributed by atoms with Crippen LogP contribution in [0.5, 0.6) is 0 Å². The molecule has 0 aromatic heterocycles. The second-order valence-corrected chi connectivity index (χ2v) is 25.3. The van der Waals surface area contributed by atoms with Gasteiger partial charge >= 0.3 is 123 Å². The Bertz CT molecular complexity index is 290. The van der Waals surface area contributed by atoms with E-state index < -0.39 is 18.4 Å². The Labute approximate surface area is 154 Å². The first-order chi connectivity index (χ1) is 10.9. The molecular formula is C19H40O2SSn. The summed E-state index contributed by atoms with van der Waals surface area (Å²) in [6.07, 6.45) is 14.5. The van der Waals surface area contributed by atoms with Crippen molar-refractivity contribution in [1.29, 1.82) is 0 Å². The number of unbranched alkanes of at least 4 members (excludes halogenated alkanes) is 9. The Balaban J connectivity index is 3.33. The fourth-order valence-electron chi connectivity index (χ4n) is 2.54. The second kappa shape index (κ2) is 14.9. The fourth-order valence-corrected chi connectivity index (χ4v) is 5.55. The predicted molar refractivity (Wildman–Crippen MR) is 108 cm³/mol. The monoisotopic (exact) mass is 452 g/mol. The molecule has 0 bridgehead atoms. The molecule has 138 valence electrons. The van der Waals surface area contributed by atoms with E-state index >= 15 is 0 Å². The van der Waals surface area contributed by atoms with Gasteiger partial charge in [0.1, 0.15) is 0 Å². The van der Waals surface area contributed by atoms with Crippen molar-refractivity contribution < 1.29 is 9.53 Å². The number of carbonyl (C=O) groups excluding carboxylic acids is 1. The third kappa shape index (κ3) is 15.9. The molecule has 0 N–H and O–H groups in total. The molecule has 0 saturated carbocycles. The van der Waals surface area contributed by atoms with Gasteiger partial charge in [0, 0.05) is 0 Å². The van der Waals surface area contributed by atoms with Crippen LogP contribution >= 0.6 is 12.6 Å². The number of thiol groups is 1. The topological polar surface area (TPSA) is 26.3 Å². The summed E-state index contributed by atoms with van der Waals surface area (Å²) < 4.78 is 5.78. The summed E-state index contributed by atoms with van der Waals surface area (Å²) in [5, 5.41) is 0. The van der Waals surface area contributed by atoms with E-state index in [-0.39, 0.29) is 5.97 Å². The molecule has 0 fully saturated rings. The van der Waals surface area contributed by atoms with Crippen LogP contribution in [-0.2, 0) is 9.53 Å². The van der Waals surface area contributed by atoms with E-state index in [1.54, 1.807) is 0 Å². The van der Waals surface area contributed by atoms with Crippen molar-refractivity contribution >= 4 is 37.0 Å². The average Bonchev–Trinajstić information content (AvgIpc) is 2.49. The molecule has 0 aliphatic rings. The van der Waals surface area contributed by atoms with Gasteiger partial charge in [-0.2, -0.15) is 0 Å². The van der Waals surface area contributed by atoms with Crippen LogP contribution < -0.4 is 0 Å². The first-order valence-corrected chi connectivity index (χ1v) is 20.4. The maximum atomic E-state index is 11.7. The van der Waals surface area contributed by atoms with Gasteiger partial charge in [-0.05, 0) is 0 Å². The van der Waals surface area contributed by atoms with Gasteiger partial charge in [-0.15, -0.1) is 0 Å². The summed E-state index contributed by atoms with van der Waals surface area (Å²) in [6, 6.07) is 0. The average molecular weight is 451 g/mol. The molecular weight excluding hydrogens is 411 g/mol. The minimum absolute atomic E-state index is 0.0319. The van der Waals surface area contributed by atoms with Gasteiger partial charge in [-0.1, -0.05) is 32.6 Å². The molecule has 0 aliphatic heterocycles. The number of ether oxygens (including phenoxy) is 1. The third-order valence-electron chi connectivity index (χ3n) is 4.38. The van der Waals surface area contributed by atoms with E-state index in [0.29, 0.717) is 16.3 Å². The number of carbonyl (C=O) groups is 1. The van der Waals surface area contributed by atoms with Crippen LogP contribution in [-0.4, -0.2) is 34.2 Å². The molecule has 0 heterocycles. The van der Waals surface area contributed by atoms with Crippen molar-refractivity contribution in [2.45, 2.75) is 102 Å². The molecule has 1 unspecified atom stereocenters. The number of hydrogen-bond donors (Lipinski definition) is 1. The van der Waals surface area contributed by atoms with Crippen LogP contribution in [0.15, 0.2) is 0 Å². The molecule has 0 aromatic rings. The quantitative estimate of drug-likeness (QED) is 0.135. The molecule has 0 amide bonds. The predicted octanol–water partition coefficient (Wildman–Crippen LogP) is 6.41. The molecule has 0 aromatic carbocycles.